The Hall–Kier alpha value is -1.01. The molecule has 1 saturated heterocycles. The number of guanidine groups is 1. The maximum atomic E-state index is 11.3. The molecule has 1 aromatic carbocycles. The largest absolute Gasteiger partial charge is 0.370 e. The van der Waals surface area contributed by atoms with Crippen molar-refractivity contribution in [3.05, 3.63) is 29.8 Å². The highest BCUT2D eigenvalue weighted by Crippen LogP contribution is 2.10. The zero-order chi connectivity index (χ0) is 13.7. The lowest BCUT2D eigenvalue weighted by atomic mass is 10.2. The molecule has 1 aliphatic rings. The normalized spacial score (nSPS) is 18.4. The summed E-state index contributed by atoms with van der Waals surface area (Å²) in [7, 11) is -0.925. The van der Waals surface area contributed by atoms with Crippen LogP contribution < -0.4 is 5.73 Å². The van der Waals surface area contributed by atoms with Crippen molar-refractivity contribution in [3.8, 4) is 0 Å². The highest BCUT2D eigenvalue weighted by Gasteiger charge is 2.11. The zero-order valence-corrected chi connectivity index (χ0v) is 12.7. The third-order valence-electron chi connectivity index (χ3n) is 3.01. The molecule has 104 valence electrons. The van der Waals surface area contributed by atoms with Gasteiger partial charge < -0.3 is 10.6 Å². The second-order valence-electron chi connectivity index (χ2n) is 4.37. The number of nitrogens with zero attached hydrogens (tertiary/aromatic N) is 2. The molecule has 0 amide bonds. The van der Waals surface area contributed by atoms with Gasteiger partial charge in [-0.15, -0.1) is 0 Å². The number of nitrogens with two attached hydrogens (primary N) is 1. The van der Waals surface area contributed by atoms with E-state index in [-0.39, 0.29) is 0 Å². The highest BCUT2D eigenvalue weighted by molar-refractivity contribution is 7.99. The van der Waals surface area contributed by atoms with E-state index in [0.29, 0.717) is 12.5 Å². The average Bonchev–Trinajstić information content (AvgIpc) is 2.46. The van der Waals surface area contributed by atoms with E-state index >= 15 is 0 Å². The smallest absolute Gasteiger partial charge is 0.191 e. The minimum atomic E-state index is -0.925. The molecular formula is C13H19N3OS2. The van der Waals surface area contributed by atoms with Crippen molar-refractivity contribution in [1.82, 2.24) is 4.90 Å². The van der Waals surface area contributed by atoms with Gasteiger partial charge in [0, 0.05) is 46.5 Å². The van der Waals surface area contributed by atoms with E-state index in [0.717, 1.165) is 35.1 Å². The van der Waals surface area contributed by atoms with Gasteiger partial charge in [-0.2, -0.15) is 11.8 Å². The van der Waals surface area contributed by atoms with Crippen LogP contribution in [0.4, 0.5) is 0 Å². The predicted molar refractivity (Wildman–Crippen MR) is 83.0 cm³/mol. The first-order valence-electron chi connectivity index (χ1n) is 6.22. The Labute approximate surface area is 120 Å². The van der Waals surface area contributed by atoms with Crippen LogP contribution in [0.5, 0.6) is 0 Å². The first kappa shape index (κ1) is 14.4. The summed E-state index contributed by atoms with van der Waals surface area (Å²) in [5, 5.41) is 0. The van der Waals surface area contributed by atoms with Crippen LogP contribution >= 0.6 is 11.8 Å². The Balaban J connectivity index is 1.94. The molecule has 4 nitrogen and oxygen atoms in total. The van der Waals surface area contributed by atoms with E-state index in [1.165, 1.54) is 0 Å². The molecule has 1 fully saturated rings. The van der Waals surface area contributed by atoms with Crippen LogP contribution in [-0.4, -0.2) is 45.9 Å². The number of hydrogen-bond donors (Lipinski definition) is 1. The van der Waals surface area contributed by atoms with Crippen molar-refractivity contribution >= 4 is 28.5 Å². The fourth-order valence-electron chi connectivity index (χ4n) is 1.85. The standard InChI is InChI=1S/C13H19N3OS2/c1-19(17)12-4-2-11(3-5-12)10-15-13(14)16-6-8-18-9-7-16/h2-5H,6-10H2,1H3,(H2,14,15). The van der Waals surface area contributed by atoms with Crippen molar-refractivity contribution in [2.24, 2.45) is 10.7 Å². The first-order chi connectivity index (χ1) is 9.16. The SMILES string of the molecule is CS(=O)c1ccc(CN=C(N)N2CCSCC2)cc1. The highest BCUT2D eigenvalue weighted by atomic mass is 32.2. The predicted octanol–water partition coefficient (Wildman–Crippen LogP) is 1.29. The Morgan fingerprint density at radius 1 is 1.37 bits per heavy atom. The summed E-state index contributed by atoms with van der Waals surface area (Å²) in [5.74, 6) is 2.86. The molecule has 2 N–H and O–H groups in total. The van der Waals surface area contributed by atoms with Gasteiger partial charge in [0.2, 0.25) is 0 Å². The Kier molecular flexibility index (Phi) is 5.27. The lowest BCUT2D eigenvalue weighted by Crippen LogP contribution is -2.42. The van der Waals surface area contributed by atoms with Crippen molar-refractivity contribution in [2.75, 3.05) is 30.9 Å². The summed E-state index contributed by atoms with van der Waals surface area (Å²) in [6.45, 7) is 2.54. The summed E-state index contributed by atoms with van der Waals surface area (Å²) >= 11 is 1.95. The number of hydrogen-bond acceptors (Lipinski definition) is 3. The fraction of sp³-hybridized carbons (Fsp3) is 0.462. The van der Waals surface area contributed by atoms with E-state index in [1.807, 2.05) is 36.0 Å². The van der Waals surface area contributed by atoms with Crippen LogP contribution in [0.3, 0.4) is 0 Å². The molecule has 1 heterocycles. The van der Waals surface area contributed by atoms with Gasteiger partial charge >= 0.3 is 0 Å². The van der Waals surface area contributed by atoms with E-state index < -0.39 is 10.8 Å². The molecule has 2 rings (SSSR count). The van der Waals surface area contributed by atoms with E-state index in [2.05, 4.69) is 9.89 Å². The second-order valence-corrected chi connectivity index (χ2v) is 6.98. The van der Waals surface area contributed by atoms with Crippen molar-refractivity contribution in [1.29, 1.82) is 0 Å². The third kappa shape index (κ3) is 4.24. The van der Waals surface area contributed by atoms with E-state index in [1.54, 1.807) is 6.26 Å². The Morgan fingerprint density at radius 2 is 2.00 bits per heavy atom. The van der Waals surface area contributed by atoms with Crippen LogP contribution in [0.2, 0.25) is 0 Å². The maximum absolute atomic E-state index is 11.3. The minimum Gasteiger partial charge on any atom is -0.370 e. The van der Waals surface area contributed by atoms with Gasteiger partial charge in [-0.25, -0.2) is 4.99 Å². The van der Waals surface area contributed by atoms with Gasteiger partial charge in [0.25, 0.3) is 0 Å². The monoisotopic (exact) mass is 297 g/mol. The lowest BCUT2D eigenvalue weighted by Gasteiger charge is -2.27. The number of rotatable bonds is 3. The molecule has 0 aliphatic carbocycles. The summed E-state index contributed by atoms with van der Waals surface area (Å²) < 4.78 is 11.3. The number of aliphatic imine (C=N–C) groups is 1. The lowest BCUT2D eigenvalue weighted by molar-refractivity contribution is 0.455. The van der Waals surface area contributed by atoms with Gasteiger partial charge in [0.1, 0.15) is 0 Å². The van der Waals surface area contributed by atoms with Crippen LogP contribution in [0.1, 0.15) is 5.56 Å². The summed E-state index contributed by atoms with van der Waals surface area (Å²) in [6, 6.07) is 7.68. The van der Waals surface area contributed by atoms with Crippen molar-refractivity contribution in [2.45, 2.75) is 11.4 Å². The first-order valence-corrected chi connectivity index (χ1v) is 8.93. The molecule has 1 atom stereocenters. The number of thioether (sulfide) groups is 1. The Bertz CT molecular complexity index is 467. The molecule has 0 radical (unpaired) electrons. The average molecular weight is 297 g/mol. The second kappa shape index (κ2) is 6.96. The third-order valence-corrected chi connectivity index (χ3v) is 4.89. The molecule has 19 heavy (non-hydrogen) atoms. The van der Waals surface area contributed by atoms with Gasteiger partial charge in [0.15, 0.2) is 5.96 Å². The van der Waals surface area contributed by atoms with Crippen molar-refractivity contribution in [3.63, 3.8) is 0 Å². The van der Waals surface area contributed by atoms with Crippen LogP contribution in [0, 0.1) is 0 Å². The van der Waals surface area contributed by atoms with E-state index in [4.69, 9.17) is 5.73 Å². The van der Waals surface area contributed by atoms with Gasteiger partial charge in [-0.3, -0.25) is 4.21 Å². The van der Waals surface area contributed by atoms with Crippen LogP contribution in [0.25, 0.3) is 0 Å². The molecule has 1 unspecified atom stereocenters. The van der Waals surface area contributed by atoms with Gasteiger partial charge in [-0.1, -0.05) is 12.1 Å². The van der Waals surface area contributed by atoms with Crippen LogP contribution in [-0.2, 0) is 17.3 Å². The molecule has 0 saturated carbocycles. The Morgan fingerprint density at radius 3 is 2.58 bits per heavy atom. The molecular weight excluding hydrogens is 278 g/mol. The van der Waals surface area contributed by atoms with E-state index in [9.17, 15) is 4.21 Å². The fourth-order valence-corrected chi connectivity index (χ4v) is 3.27. The zero-order valence-electron chi connectivity index (χ0n) is 11.0. The molecule has 1 aliphatic heterocycles. The maximum Gasteiger partial charge on any atom is 0.191 e. The molecule has 0 bridgehead atoms. The summed E-state index contributed by atoms with van der Waals surface area (Å²) in [5.41, 5.74) is 7.08. The van der Waals surface area contributed by atoms with Gasteiger partial charge in [0.05, 0.1) is 6.54 Å². The quantitative estimate of drug-likeness (QED) is 0.674. The molecule has 1 aromatic rings. The summed E-state index contributed by atoms with van der Waals surface area (Å²) in [6.07, 6.45) is 1.68. The summed E-state index contributed by atoms with van der Waals surface area (Å²) in [4.78, 5) is 7.40. The molecule has 0 spiro atoms. The van der Waals surface area contributed by atoms with Crippen molar-refractivity contribution < 1.29 is 4.21 Å². The van der Waals surface area contributed by atoms with Gasteiger partial charge in [-0.05, 0) is 17.7 Å². The minimum absolute atomic E-state index is 0.576. The molecule has 0 aromatic heterocycles. The molecule has 6 heteroatoms. The number of benzene rings is 1. The topological polar surface area (TPSA) is 58.7 Å². The van der Waals surface area contributed by atoms with Crippen LogP contribution in [0.15, 0.2) is 34.2 Å².